The van der Waals surface area contributed by atoms with Gasteiger partial charge in [0.2, 0.25) is 0 Å². The van der Waals surface area contributed by atoms with E-state index in [4.69, 9.17) is 5.73 Å². The molecule has 0 radical (unpaired) electrons. The number of nitrogens with zero attached hydrogens (tertiary/aromatic N) is 1. The summed E-state index contributed by atoms with van der Waals surface area (Å²) < 4.78 is 0. The first-order valence-corrected chi connectivity index (χ1v) is 4.51. The highest BCUT2D eigenvalue weighted by Crippen LogP contribution is 2.16. The molecule has 0 saturated carbocycles. The van der Waals surface area contributed by atoms with Crippen molar-refractivity contribution in [1.29, 1.82) is 0 Å². The van der Waals surface area contributed by atoms with Crippen molar-refractivity contribution in [2.75, 3.05) is 0 Å². The van der Waals surface area contributed by atoms with Crippen LogP contribution < -0.4 is 5.73 Å². The van der Waals surface area contributed by atoms with Crippen molar-refractivity contribution in [3.05, 3.63) is 29.6 Å². The third-order valence-corrected chi connectivity index (χ3v) is 2.15. The van der Waals surface area contributed by atoms with Crippen molar-refractivity contribution in [3.8, 4) is 0 Å². The minimum Gasteiger partial charge on any atom is -0.387 e. The van der Waals surface area contributed by atoms with Gasteiger partial charge in [-0.3, -0.25) is 4.98 Å². The molecule has 72 valence electrons. The molecule has 0 saturated heterocycles. The van der Waals surface area contributed by atoms with E-state index in [1.165, 1.54) is 0 Å². The van der Waals surface area contributed by atoms with Crippen molar-refractivity contribution < 1.29 is 5.11 Å². The first-order chi connectivity index (χ1) is 6.15. The quantitative estimate of drug-likeness (QED) is 0.733. The van der Waals surface area contributed by atoms with Crippen LogP contribution in [-0.4, -0.2) is 16.1 Å². The van der Waals surface area contributed by atoms with Crippen molar-refractivity contribution in [3.63, 3.8) is 0 Å². The largest absolute Gasteiger partial charge is 0.387 e. The Balaban J connectivity index is 2.77. The standard InChI is InChI=1S/C10H16N2O/c1-3-9(11)10(13)8-5-4-7(2)12-6-8/h4-6,9-10,13H,3,11H2,1-2H3/t9-,10-/m0/s1. The maximum absolute atomic E-state index is 9.71. The van der Waals surface area contributed by atoms with Gasteiger partial charge in [-0.25, -0.2) is 0 Å². The van der Waals surface area contributed by atoms with Crippen LogP contribution in [0.25, 0.3) is 0 Å². The zero-order valence-corrected chi connectivity index (χ0v) is 8.07. The molecular weight excluding hydrogens is 164 g/mol. The minimum atomic E-state index is -0.599. The monoisotopic (exact) mass is 180 g/mol. The van der Waals surface area contributed by atoms with E-state index in [1.807, 2.05) is 26.0 Å². The van der Waals surface area contributed by atoms with E-state index in [2.05, 4.69) is 4.98 Å². The van der Waals surface area contributed by atoms with Crippen molar-refractivity contribution in [2.24, 2.45) is 5.73 Å². The van der Waals surface area contributed by atoms with Crippen LogP contribution in [0.15, 0.2) is 18.3 Å². The number of aliphatic hydroxyl groups is 1. The van der Waals surface area contributed by atoms with Crippen molar-refractivity contribution in [1.82, 2.24) is 4.98 Å². The van der Waals surface area contributed by atoms with Crippen LogP contribution in [-0.2, 0) is 0 Å². The fourth-order valence-electron chi connectivity index (χ4n) is 1.12. The second-order valence-electron chi connectivity index (χ2n) is 3.25. The van der Waals surface area contributed by atoms with E-state index >= 15 is 0 Å². The summed E-state index contributed by atoms with van der Waals surface area (Å²) in [7, 11) is 0. The Hall–Kier alpha value is -0.930. The molecule has 13 heavy (non-hydrogen) atoms. The highest BCUT2D eigenvalue weighted by molar-refractivity contribution is 5.16. The molecule has 1 heterocycles. The fraction of sp³-hybridized carbons (Fsp3) is 0.500. The topological polar surface area (TPSA) is 59.1 Å². The predicted octanol–water partition coefficient (Wildman–Crippen LogP) is 1.16. The Morgan fingerprint density at radius 3 is 2.69 bits per heavy atom. The number of nitrogens with two attached hydrogens (primary N) is 1. The lowest BCUT2D eigenvalue weighted by molar-refractivity contribution is 0.144. The average Bonchev–Trinajstić information content (AvgIpc) is 2.17. The molecule has 0 aliphatic carbocycles. The first kappa shape index (κ1) is 10.2. The Morgan fingerprint density at radius 2 is 2.23 bits per heavy atom. The zero-order valence-electron chi connectivity index (χ0n) is 8.07. The van der Waals surface area contributed by atoms with Gasteiger partial charge in [-0.2, -0.15) is 0 Å². The van der Waals surface area contributed by atoms with E-state index in [0.717, 1.165) is 17.7 Å². The first-order valence-electron chi connectivity index (χ1n) is 4.51. The number of aliphatic hydroxyl groups excluding tert-OH is 1. The van der Waals surface area contributed by atoms with Gasteiger partial charge in [0.25, 0.3) is 0 Å². The molecule has 3 nitrogen and oxygen atoms in total. The van der Waals surface area contributed by atoms with Gasteiger partial charge >= 0.3 is 0 Å². The summed E-state index contributed by atoms with van der Waals surface area (Å²) in [5, 5.41) is 9.71. The van der Waals surface area contributed by atoms with Crippen molar-refractivity contribution in [2.45, 2.75) is 32.4 Å². The molecule has 3 N–H and O–H groups in total. The molecule has 0 aliphatic rings. The molecule has 0 unspecified atom stereocenters. The van der Waals surface area contributed by atoms with Crippen LogP contribution in [0.5, 0.6) is 0 Å². The van der Waals surface area contributed by atoms with Crippen LogP contribution in [0.1, 0.15) is 30.7 Å². The number of hydrogen-bond acceptors (Lipinski definition) is 3. The molecular formula is C10H16N2O. The molecule has 0 amide bonds. The highest BCUT2D eigenvalue weighted by Gasteiger charge is 2.14. The zero-order chi connectivity index (χ0) is 9.84. The number of aromatic nitrogens is 1. The SMILES string of the molecule is CC[C@H](N)[C@@H](O)c1ccc(C)nc1. The summed E-state index contributed by atoms with van der Waals surface area (Å²) >= 11 is 0. The molecule has 1 rings (SSSR count). The highest BCUT2D eigenvalue weighted by atomic mass is 16.3. The lowest BCUT2D eigenvalue weighted by Crippen LogP contribution is -2.27. The summed E-state index contributed by atoms with van der Waals surface area (Å²) in [5.74, 6) is 0. The molecule has 1 aromatic heterocycles. The van der Waals surface area contributed by atoms with E-state index < -0.39 is 6.10 Å². The van der Waals surface area contributed by atoms with Crippen LogP contribution >= 0.6 is 0 Å². The number of aryl methyl sites for hydroxylation is 1. The number of hydrogen-bond donors (Lipinski definition) is 2. The lowest BCUT2D eigenvalue weighted by Gasteiger charge is -2.16. The Labute approximate surface area is 78.6 Å². The summed E-state index contributed by atoms with van der Waals surface area (Å²) in [5.41, 5.74) is 7.45. The van der Waals surface area contributed by atoms with Gasteiger partial charge in [0.05, 0.1) is 6.10 Å². The third-order valence-electron chi connectivity index (χ3n) is 2.15. The Bertz CT molecular complexity index is 258. The molecule has 0 fully saturated rings. The van der Waals surface area contributed by atoms with Crippen LogP contribution in [0, 0.1) is 6.92 Å². The number of rotatable bonds is 3. The summed E-state index contributed by atoms with van der Waals surface area (Å²) in [6.45, 7) is 3.87. The molecule has 0 aliphatic heterocycles. The minimum absolute atomic E-state index is 0.204. The summed E-state index contributed by atoms with van der Waals surface area (Å²) in [4.78, 5) is 4.10. The van der Waals surface area contributed by atoms with Gasteiger partial charge in [0.1, 0.15) is 0 Å². The smallest absolute Gasteiger partial charge is 0.0955 e. The third kappa shape index (κ3) is 2.50. The van der Waals surface area contributed by atoms with E-state index in [1.54, 1.807) is 6.20 Å². The van der Waals surface area contributed by atoms with Crippen LogP contribution in [0.4, 0.5) is 0 Å². The summed E-state index contributed by atoms with van der Waals surface area (Å²) in [6, 6.07) is 3.54. The van der Waals surface area contributed by atoms with Gasteiger partial charge in [0.15, 0.2) is 0 Å². The molecule has 0 aromatic carbocycles. The van der Waals surface area contributed by atoms with Gasteiger partial charge in [-0.1, -0.05) is 13.0 Å². The maximum atomic E-state index is 9.71. The maximum Gasteiger partial charge on any atom is 0.0955 e. The van der Waals surface area contributed by atoms with Gasteiger partial charge in [-0.15, -0.1) is 0 Å². The van der Waals surface area contributed by atoms with Gasteiger partial charge in [0, 0.05) is 23.5 Å². The van der Waals surface area contributed by atoms with E-state index in [9.17, 15) is 5.11 Å². The average molecular weight is 180 g/mol. The fourth-order valence-corrected chi connectivity index (χ4v) is 1.12. The lowest BCUT2D eigenvalue weighted by atomic mass is 10.0. The van der Waals surface area contributed by atoms with E-state index in [0.29, 0.717) is 0 Å². The Morgan fingerprint density at radius 1 is 1.54 bits per heavy atom. The second kappa shape index (κ2) is 4.35. The Kier molecular flexibility index (Phi) is 3.39. The normalized spacial score (nSPS) is 15.4. The van der Waals surface area contributed by atoms with Crippen molar-refractivity contribution >= 4 is 0 Å². The number of pyridine rings is 1. The second-order valence-corrected chi connectivity index (χ2v) is 3.25. The molecule has 0 spiro atoms. The molecule has 0 bridgehead atoms. The molecule has 1 aromatic rings. The van der Waals surface area contributed by atoms with Crippen LogP contribution in [0.2, 0.25) is 0 Å². The molecule has 2 atom stereocenters. The molecule has 3 heteroatoms. The van der Waals surface area contributed by atoms with Gasteiger partial charge < -0.3 is 10.8 Å². The predicted molar refractivity (Wildman–Crippen MR) is 52.2 cm³/mol. The van der Waals surface area contributed by atoms with Crippen LogP contribution in [0.3, 0.4) is 0 Å². The van der Waals surface area contributed by atoms with E-state index in [-0.39, 0.29) is 6.04 Å². The summed E-state index contributed by atoms with van der Waals surface area (Å²) in [6.07, 6.45) is 1.84. The van der Waals surface area contributed by atoms with Gasteiger partial charge in [-0.05, 0) is 19.4 Å².